The lowest BCUT2D eigenvalue weighted by molar-refractivity contribution is 0.0945. The minimum Gasteiger partial charge on any atom is -0.508 e. The summed E-state index contributed by atoms with van der Waals surface area (Å²) in [5.41, 5.74) is 1.19. The van der Waals surface area contributed by atoms with Gasteiger partial charge in [0.05, 0.1) is 6.61 Å². The molecule has 0 aliphatic heterocycles. The third-order valence-corrected chi connectivity index (χ3v) is 3.30. The van der Waals surface area contributed by atoms with Crippen molar-refractivity contribution in [2.75, 3.05) is 13.2 Å². The molecule has 3 heteroatoms. The van der Waals surface area contributed by atoms with Gasteiger partial charge >= 0.3 is 0 Å². The molecular formula is C13H19NO2. The van der Waals surface area contributed by atoms with Crippen LogP contribution in [0.5, 0.6) is 5.75 Å². The lowest BCUT2D eigenvalue weighted by Gasteiger charge is -2.37. The molecule has 0 atom stereocenters. The summed E-state index contributed by atoms with van der Waals surface area (Å²) in [6.07, 6.45) is 3.80. The quantitative estimate of drug-likeness (QED) is 0.796. The Hall–Kier alpha value is -1.06. The van der Waals surface area contributed by atoms with Crippen molar-refractivity contribution in [3.05, 3.63) is 29.8 Å². The molecule has 1 aliphatic carbocycles. The fourth-order valence-corrected chi connectivity index (χ4v) is 2.11. The van der Waals surface area contributed by atoms with Crippen LogP contribution in [0.3, 0.4) is 0 Å². The van der Waals surface area contributed by atoms with Crippen molar-refractivity contribution >= 4 is 0 Å². The minimum atomic E-state index is 0.217. The van der Waals surface area contributed by atoms with Crippen molar-refractivity contribution in [2.45, 2.75) is 31.8 Å². The predicted molar refractivity (Wildman–Crippen MR) is 63.2 cm³/mol. The van der Waals surface area contributed by atoms with Gasteiger partial charge in [0, 0.05) is 19.1 Å². The third-order valence-electron chi connectivity index (χ3n) is 3.30. The van der Waals surface area contributed by atoms with Crippen LogP contribution in [0.2, 0.25) is 0 Å². The number of phenols is 1. The van der Waals surface area contributed by atoms with Gasteiger partial charge in [-0.3, -0.25) is 4.90 Å². The summed E-state index contributed by atoms with van der Waals surface area (Å²) in [6, 6.07) is 7.96. The monoisotopic (exact) mass is 221 g/mol. The summed E-state index contributed by atoms with van der Waals surface area (Å²) in [6.45, 7) is 1.83. The first-order valence-corrected chi connectivity index (χ1v) is 5.92. The smallest absolute Gasteiger partial charge is 0.115 e. The Morgan fingerprint density at radius 2 is 1.88 bits per heavy atom. The van der Waals surface area contributed by atoms with Gasteiger partial charge in [-0.15, -0.1) is 0 Å². The van der Waals surface area contributed by atoms with Crippen LogP contribution in [0.1, 0.15) is 24.8 Å². The number of aromatic hydroxyl groups is 1. The molecular weight excluding hydrogens is 202 g/mol. The van der Waals surface area contributed by atoms with Crippen LogP contribution in [0.4, 0.5) is 0 Å². The van der Waals surface area contributed by atoms with Gasteiger partial charge in [-0.25, -0.2) is 0 Å². The number of rotatable bonds is 5. The zero-order valence-electron chi connectivity index (χ0n) is 9.47. The Balaban J connectivity index is 1.96. The molecule has 1 saturated carbocycles. The van der Waals surface area contributed by atoms with E-state index in [2.05, 4.69) is 4.90 Å². The first-order valence-electron chi connectivity index (χ1n) is 5.92. The SMILES string of the molecule is OCCN(Cc1ccc(O)cc1)C1CCC1. The van der Waals surface area contributed by atoms with Crippen molar-refractivity contribution in [3.8, 4) is 5.75 Å². The van der Waals surface area contributed by atoms with Gasteiger partial charge in [-0.1, -0.05) is 18.6 Å². The van der Waals surface area contributed by atoms with E-state index < -0.39 is 0 Å². The molecule has 2 rings (SSSR count). The number of aliphatic hydroxyl groups excluding tert-OH is 1. The van der Waals surface area contributed by atoms with E-state index >= 15 is 0 Å². The van der Waals surface area contributed by atoms with Crippen LogP contribution in [0.25, 0.3) is 0 Å². The Bertz CT molecular complexity index is 319. The van der Waals surface area contributed by atoms with Crippen LogP contribution in [0.15, 0.2) is 24.3 Å². The second-order valence-corrected chi connectivity index (χ2v) is 4.45. The zero-order chi connectivity index (χ0) is 11.4. The van der Waals surface area contributed by atoms with Gasteiger partial charge in [0.1, 0.15) is 5.75 Å². The van der Waals surface area contributed by atoms with Gasteiger partial charge in [-0.05, 0) is 30.5 Å². The largest absolute Gasteiger partial charge is 0.508 e. The highest BCUT2D eigenvalue weighted by molar-refractivity contribution is 5.25. The molecule has 0 saturated heterocycles. The average Bonchev–Trinajstić information content (AvgIpc) is 2.19. The number of hydrogen-bond donors (Lipinski definition) is 2. The van der Waals surface area contributed by atoms with Crippen molar-refractivity contribution in [1.82, 2.24) is 4.90 Å². The fourth-order valence-electron chi connectivity index (χ4n) is 2.11. The summed E-state index contributed by atoms with van der Waals surface area (Å²) >= 11 is 0. The van der Waals surface area contributed by atoms with Crippen LogP contribution in [-0.4, -0.2) is 34.3 Å². The molecule has 1 aromatic carbocycles. The molecule has 1 aliphatic rings. The first-order chi connectivity index (χ1) is 7.79. The Morgan fingerprint density at radius 3 is 2.38 bits per heavy atom. The Labute approximate surface area is 96.3 Å². The van der Waals surface area contributed by atoms with Crippen LogP contribution >= 0.6 is 0 Å². The number of aliphatic hydroxyl groups is 1. The molecule has 0 radical (unpaired) electrons. The summed E-state index contributed by atoms with van der Waals surface area (Å²) in [4.78, 5) is 2.33. The Morgan fingerprint density at radius 1 is 1.19 bits per heavy atom. The lowest BCUT2D eigenvalue weighted by atomic mass is 9.91. The highest BCUT2D eigenvalue weighted by atomic mass is 16.3. The molecule has 0 unspecified atom stereocenters. The summed E-state index contributed by atoms with van der Waals surface area (Å²) in [5.74, 6) is 0.307. The zero-order valence-corrected chi connectivity index (χ0v) is 9.47. The van der Waals surface area contributed by atoms with Gasteiger partial charge in [0.25, 0.3) is 0 Å². The molecule has 2 N–H and O–H groups in total. The highest BCUT2D eigenvalue weighted by Crippen LogP contribution is 2.26. The maximum atomic E-state index is 9.21. The lowest BCUT2D eigenvalue weighted by Crippen LogP contribution is -2.41. The molecule has 1 aromatic rings. The van der Waals surface area contributed by atoms with Crippen LogP contribution in [0, 0.1) is 0 Å². The van der Waals surface area contributed by atoms with E-state index in [1.807, 2.05) is 12.1 Å². The maximum Gasteiger partial charge on any atom is 0.115 e. The first kappa shape index (κ1) is 11.4. The molecule has 0 spiro atoms. The van der Waals surface area contributed by atoms with Crippen molar-refractivity contribution in [3.63, 3.8) is 0 Å². The second-order valence-electron chi connectivity index (χ2n) is 4.45. The van der Waals surface area contributed by atoms with Gasteiger partial charge < -0.3 is 10.2 Å². The molecule has 0 heterocycles. The fraction of sp³-hybridized carbons (Fsp3) is 0.538. The maximum absolute atomic E-state index is 9.21. The van der Waals surface area contributed by atoms with Crippen molar-refractivity contribution < 1.29 is 10.2 Å². The second kappa shape index (κ2) is 5.32. The number of hydrogen-bond acceptors (Lipinski definition) is 3. The number of nitrogens with zero attached hydrogens (tertiary/aromatic N) is 1. The van der Waals surface area contributed by atoms with E-state index in [0.717, 1.165) is 13.1 Å². The normalized spacial score (nSPS) is 16.4. The van der Waals surface area contributed by atoms with E-state index in [-0.39, 0.29) is 6.61 Å². The van der Waals surface area contributed by atoms with E-state index in [1.54, 1.807) is 12.1 Å². The summed E-state index contributed by atoms with van der Waals surface area (Å²) < 4.78 is 0. The molecule has 16 heavy (non-hydrogen) atoms. The average molecular weight is 221 g/mol. The molecule has 0 bridgehead atoms. The van der Waals surface area contributed by atoms with Crippen molar-refractivity contribution in [1.29, 1.82) is 0 Å². The predicted octanol–water partition coefficient (Wildman–Crippen LogP) is 1.74. The van der Waals surface area contributed by atoms with Crippen LogP contribution < -0.4 is 0 Å². The van der Waals surface area contributed by atoms with E-state index in [4.69, 9.17) is 5.11 Å². The number of phenolic OH excluding ortho intramolecular Hbond substituents is 1. The van der Waals surface area contributed by atoms with Crippen molar-refractivity contribution in [2.24, 2.45) is 0 Å². The minimum absolute atomic E-state index is 0.217. The van der Waals surface area contributed by atoms with Gasteiger partial charge in [-0.2, -0.15) is 0 Å². The van der Waals surface area contributed by atoms with E-state index in [0.29, 0.717) is 11.8 Å². The topological polar surface area (TPSA) is 43.7 Å². The van der Waals surface area contributed by atoms with Crippen LogP contribution in [-0.2, 0) is 6.54 Å². The van der Waals surface area contributed by atoms with E-state index in [9.17, 15) is 5.11 Å². The Kier molecular flexibility index (Phi) is 3.80. The number of benzene rings is 1. The van der Waals surface area contributed by atoms with Gasteiger partial charge in [0.2, 0.25) is 0 Å². The molecule has 88 valence electrons. The molecule has 0 amide bonds. The standard InChI is InChI=1S/C13H19NO2/c15-9-8-14(12-2-1-3-12)10-11-4-6-13(16)7-5-11/h4-7,12,15-16H,1-3,8-10H2. The summed E-state index contributed by atoms with van der Waals surface area (Å²) in [7, 11) is 0. The summed E-state index contributed by atoms with van der Waals surface area (Å²) in [5, 5.41) is 18.3. The highest BCUT2D eigenvalue weighted by Gasteiger charge is 2.24. The molecule has 0 aromatic heterocycles. The van der Waals surface area contributed by atoms with E-state index in [1.165, 1.54) is 24.8 Å². The molecule has 1 fully saturated rings. The third kappa shape index (κ3) is 2.74. The van der Waals surface area contributed by atoms with Gasteiger partial charge in [0.15, 0.2) is 0 Å². The molecule has 3 nitrogen and oxygen atoms in total.